The van der Waals surface area contributed by atoms with Crippen molar-refractivity contribution in [3.8, 4) is 45.4 Å². The summed E-state index contributed by atoms with van der Waals surface area (Å²) in [6, 6.07) is 23.7. The Bertz CT molecular complexity index is 1070. The van der Waals surface area contributed by atoms with E-state index in [1.807, 2.05) is 36.4 Å². The fraction of sp³-hybridized carbons (Fsp3) is 0.0870. The van der Waals surface area contributed by atoms with E-state index >= 15 is 0 Å². The van der Waals surface area contributed by atoms with Gasteiger partial charge in [-0.05, 0) is 25.1 Å². The standard InChI is InChI=1S/C23H20N2O2/c1-15-8-10-17(11-9-15)22-21(16-6-4-3-5-7-16)24-23(25-22)18-12-13-20(27-2)19(26)14-18/h3-14,26H,1-2H3,(H,24,25). The number of phenolic OH excluding ortho intramolecular Hbond substituents is 1. The summed E-state index contributed by atoms with van der Waals surface area (Å²) in [5, 5.41) is 10.1. The number of aromatic amines is 1. The topological polar surface area (TPSA) is 58.1 Å². The van der Waals surface area contributed by atoms with E-state index in [9.17, 15) is 5.11 Å². The van der Waals surface area contributed by atoms with Gasteiger partial charge in [0.2, 0.25) is 0 Å². The maximum atomic E-state index is 10.1. The van der Waals surface area contributed by atoms with Crippen molar-refractivity contribution in [2.75, 3.05) is 7.11 Å². The predicted octanol–water partition coefficient (Wildman–Crippen LogP) is 5.43. The largest absolute Gasteiger partial charge is 0.504 e. The molecule has 0 atom stereocenters. The summed E-state index contributed by atoms with van der Waals surface area (Å²) in [7, 11) is 1.53. The molecule has 0 fully saturated rings. The Kier molecular flexibility index (Phi) is 4.38. The maximum absolute atomic E-state index is 10.1. The number of nitrogens with one attached hydrogen (secondary N) is 1. The lowest BCUT2D eigenvalue weighted by molar-refractivity contribution is 0.373. The van der Waals surface area contributed by atoms with E-state index in [0.29, 0.717) is 11.6 Å². The van der Waals surface area contributed by atoms with E-state index in [-0.39, 0.29) is 5.75 Å². The molecule has 0 saturated heterocycles. The van der Waals surface area contributed by atoms with Crippen LogP contribution < -0.4 is 4.74 Å². The van der Waals surface area contributed by atoms with E-state index in [4.69, 9.17) is 9.72 Å². The summed E-state index contributed by atoms with van der Waals surface area (Å²) >= 11 is 0. The minimum Gasteiger partial charge on any atom is -0.504 e. The van der Waals surface area contributed by atoms with Gasteiger partial charge in [-0.15, -0.1) is 0 Å². The lowest BCUT2D eigenvalue weighted by Crippen LogP contribution is -1.86. The number of phenols is 1. The van der Waals surface area contributed by atoms with Crippen LogP contribution in [0.5, 0.6) is 11.5 Å². The van der Waals surface area contributed by atoms with Gasteiger partial charge in [0.25, 0.3) is 0 Å². The number of hydrogen-bond donors (Lipinski definition) is 2. The average Bonchev–Trinajstić information content (AvgIpc) is 3.14. The van der Waals surface area contributed by atoms with E-state index < -0.39 is 0 Å². The minimum atomic E-state index is 0.0875. The van der Waals surface area contributed by atoms with Crippen LogP contribution >= 0.6 is 0 Å². The molecule has 0 saturated carbocycles. The molecule has 134 valence electrons. The summed E-state index contributed by atoms with van der Waals surface area (Å²) in [4.78, 5) is 8.27. The van der Waals surface area contributed by atoms with Crippen molar-refractivity contribution >= 4 is 0 Å². The number of methoxy groups -OCH3 is 1. The first-order chi connectivity index (χ1) is 13.2. The van der Waals surface area contributed by atoms with Crippen LogP contribution in [0.25, 0.3) is 33.9 Å². The molecule has 0 spiro atoms. The molecular weight excluding hydrogens is 336 g/mol. The summed E-state index contributed by atoms with van der Waals surface area (Å²) in [6.07, 6.45) is 0. The van der Waals surface area contributed by atoms with Crippen molar-refractivity contribution in [1.29, 1.82) is 0 Å². The SMILES string of the molecule is COc1ccc(-c2nc(-c3ccccc3)c(-c3ccc(C)cc3)[nH]2)cc1O. The van der Waals surface area contributed by atoms with Crippen LogP contribution in [0.4, 0.5) is 0 Å². The van der Waals surface area contributed by atoms with Gasteiger partial charge in [0.05, 0.1) is 18.5 Å². The molecule has 1 heterocycles. The highest BCUT2D eigenvalue weighted by atomic mass is 16.5. The second-order valence-corrected chi connectivity index (χ2v) is 6.43. The number of nitrogens with zero attached hydrogens (tertiary/aromatic N) is 1. The second kappa shape index (κ2) is 7.00. The molecule has 0 amide bonds. The Morgan fingerprint density at radius 2 is 1.56 bits per heavy atom. The number of aromatic hydroxyl groups is 1. The molecule has 4 nitrogen and oxygen atoms in total. The molecule has 0 radical (unpaired) electrons. The van der Waals surface area contributed by atoms with E-state index in [0.717, 1.165) is 28.1 Å². The van der Waals surface area contributed by atoms with E-state index in [1.54, 1.807) is 12.1 Å². The van der Waals surface area contributed by atoms with Crippen LogP contribution in [-0.2, 0) is 0 Å². The second-order valence-electron chi connectivity index (χ2n) is 6.43. The van der Waals surface area contributed by atoms with Crippen molar-refractivity contribution in [3.63, 3.8) is 0 Å². The maximum Gasteiger partial charge on any atom is 0.160 e. The first-order valence-electron chi connectivity index (χ1n) is 8.75. The van der Waals surface area contributed by atoms with Crippen LogP contribution in [0.15, 0.2) is 72.8 Å². The molecule has 4 aromatic rings. The third-order valence-corrected chi connectivity index (χ3v) is 4.54. The van der Waals surface area contributed by atoms with Gasteiger partial charge in [0, 0.05) is 16.7 Å². The molecular formula is C23H20N2O2. The molecule has 1 aromatic heterocycles. The first-order valence-corrected chi connectivity index (χ1v) is 8.75. The third kappa shape index (κ3) is 3.29. The number of benzene rings is 3. The molecule has 2 N–H and O–H groups in total. The zero-order valence-corrected chi connectivity index (χ0v) is 15.2. The smallest absolute Gasteiger partial charge is 0.160 e. The van der Waals surface area contributed by atoms with Gasteiger partial charge in [-0.3, -0.25) is 0 Å². The Morgan fingerprint density at radius 3 is 2.22 bits per heavy atom. The van der Waals surface area contributed by atoms with Crippen molar-refractivity contribution in [2.45, 2.75) is 6.92 Å². The average molecular weight is 356 g/mol. The Labute approximate surface area is 158 Å². The van der Waals surface area contributed by atoms with Crippen LogP contribution in [0.2, 0.25) is 0 Å². The van der Waals surface area contributed by atoms with Crippen molar-refractivity contribution in [3.05, 3.63) is 78.4 Å². The van der Waals surface area contributed by atoms with Gasteiger partial charge in [0.1, 0.15) is 5.82 Å². The lowest BCUT2D eigenvalue weighted by atomic mass is 10.0. The van der Waals surface area contributed by atoms with E-state index in [2.05, 4.69) is 36.2 Å². The Hall–Kier alpha value is -3.53. The monoisotopic (exact) mass is 356 g/mol. The fourth-order valence-electron chi connectivity index (χ4n) is 3.08. The number of aryl methyl sites for hydroxylation is 1. The van der Waals surface area contributed by atoms with Crippen molar-refractivity contribution < 1.29 is 9.84 Å². The number of aromatic nitrogens is 2. The number of ether oxygens (including phenoxy) is 1. The minimum absolute atomic E-state index is 0.0875. The summed E-state index contributed by atoms with van der Waals surface area (Å²) in [5.74, 6) is 1.22. The van der Waals surface area contributed by atoms with E-state index in [1.165, 1.54) is 12.7 Å². The highest BCUT2D eigenvalue weighted by Gasteiger charge is 2.16. The van der Waals surface area contributed by atoms with Gasteiger partial charge < -0.3 is 14.8 Å². The summed E-state index contributed by atoms with van der Waals surface area (Å²) in [6.45, 7) is 2.07. The predicted molar refractivity (Wildman–Crippen MR) is 108 cm³/mol. The van der Waals surface area contributed by atoms with Crippen LogP contribution in [-0.4, -0.2) is 22.2 Å². The zero-order chi connectivity index (χ0) is 18.8. The number of rotatable bonds is 4. The molecule has 0 aliphatic rings. The van der Waals surface area contributed by atoms with Gasteiger partial charge in [-0.1, -0.05) is 60.2 Å². The Morgan fingerprint density at radius 1 is 0.852 bits per heavy atom. The van der Waals surface area contributed by atoms with Gasteiger partial charge >= 0.3 is 0 Å². The van der Waals surface area contributed by atoms with Gasteiger partial charge in [-0.2, -0.15) is 0 Å². The quantitative estimate of drug-likeness (QED) is 0.512. The molecule has 0 aliphatic heterocycles. The van der Waals surface area contributed by atoms with Crippen LogP contribution in [0, 0.1) is 6.92 Å². The molecule has 4 rings (SSSR count). The first kappa shape index (κ1) is 16.9. The highest BCUT2D eigenvalue weighted by molar-refractivity contribution is 5.81. The fourth-order valence-corrected chi connectivity index (χ4v) is 3.08. The molecule has 3 aromatic carbocycles. The normalized spacial score (nSPS) is 10.7. The lowest BCUT2D eigenvalue weighted by Gasteiger charge is -2.04. The molecule has 27 heavy (non-hydrogen) atoms. The Balaban J connectivity index is 1.87. The zero-order valence-electron chi connectivity index (χ0n) is 15.2. The number of H-pyrrole nitrogens is 1. The van der Waals surface area contributed by atoms with Gasteiger partial charge in [0.15, 0.2) is 11.5 Å². The number of hydrogen-bond acceptors (Lipinski definition) is 3. The molecule has 0 unspecified atom stereocenters. The van der Waals surface area contributed by atoms with Crippen LogP contribution in [0.3, 0.4) is 0 Å². The van der Waals surface area contributed by atoms with Crippen molar-refractivity contribution in [1.82, 2.24) is 9.97 Å². The molecule has 0 bridgehead atoms. The molecule has 4 heteroatoms. The summed E-state index contributed by atoms with van der Waals surface area (Å²) in [5.41, 5.74) is 5.93. The highest BCUT2D eigenvalue weighted by Crippen LogP contribution is 2.35. The third-order valence-electron chi connectivity index (χ3n) is 4.54. The molecule has 0 aliphatic carbocycles. The summed E-state index contributed by atoms with van der Waals surface area (Å²) < 4.78 is 5.13. The van der Waals surface area contributed by atoms with Gasteiger partial charge in [-0.25, -0.2) is 4.98 Å². The van der Waals surface area contributed by atoms with Crippen LogP contribution in [0.1, 0.15) is 5.56 Å². The number of imidazole rings is 1. The van der Waals surface area contributed by atoms with Crippen molar-refractivity contribution in [2.24, 2.45) is 0 Å².